The molecule has 0 aromatic carbocycles. The predicted molar refractivity (Wildman–Crippen MR) is 59.6 cm³/mol. The van der Waals surface area contributed by atoms with Crippen molar-refractivity contribution in [1.82, 2.24) is 0 Å². The van der Waals surface area contributed by atoms with Crippen molar-refractivity contribution in [1.29, 1.82) is 0 Å². The van der Waals surface area contributed by atoms with Crippen LogP contribution in [0.15, 0.2) is 60.8 Å². The van der Waals surface area contributed by atoms with Crippen LogP contribution in [0.2, 0.25) is 0 Å². The van der Waals surface area contributed by atoms with E-state index in [1.807, 2.05) is 12.2 Å². The summed E-state index contributed by atoms with van der Waals surface area (Å²) in [5, 5.41) is 0. The summed E-state index contributed by atoms with van der Waals surface area (Å²) in [4.78, 5) is 0. The minimum Gasteiger partial charge on any atom is -0.0879 e. The van der Waals surface area contributed by atoms with Crippen LogP contribution in [-0.4, -0.2) is 0 Å². The summed E-state index contributed by atoms with van der Waals surface area (Å²) < 4.78 is 0. The van der Waals surface area contributed by atoms with E-state index < -0.39 is 0 Å². The topological polar surface area (TPSA) is 0 Å². The second-order valence-electron chi connectivity index (χ2n) is 2.91. The van der Waals surface area contributed by atoms with Gasteiger partial charge in [-0.1, -0.05) is 60.8 Å². The van der Waals surface area contributed by atoms with Gasteiger partial charge in [-0.15, -0.1) is 0 Å². The molecule has 0 saturated carbocycles. The summed E-state index contributed by atoms with van der Waals surface area (Å²) >= 11 is 0. The smallest absolute Gasteiger partial charge is 0.0166 e. The normalized spacial score (nSPS) is 30.2. The highest BCUT2D eigenvalue weighted by Gasteiger charge is 1.76. The molecule has 0 bridgehead atoms. The van der Waals surface area contributed by atoms with E-state index in [9.17, 15) is 0 Å². The quantitative estimate of drug-likeness (QED) is 0.485. The average Bonchev–Trinajstić information content (AvgIpc) is 2.18. The summed E-state index contributed by atoms with van der Waals surface area (Å²) in [7, 11) is 0. The maximum absolute atomic E-state index is 2.24. The van der Waals surface area contributed by atoms with Crippen LogP contribution in [0, 0.1) is 0 Å². The van der Waals surface area contributed by atoms with E-state index in [1.54, 1.807) is 0 Å². The molecule has 1 aliphatic rings. The zero-order valence-electron chi connectivity index (χ0n) is 7.89. The van der Waals surface area contributed by atoms with Crippen molar-refractivity contribution >= 4 is 0 Å². The average molecular weight is 172 g/mol. The van der Waals surface area contributed by atoms with Crippen LogP contribution in [0.1, 0.15) is 19.3 Å². The zero-order chi connectivity index (χ0) is 9.19. The van der Waals surface area contributed by atoms with E-state index in [4.69, 9.17) is 0 Å². The molecule has 0 heterocycles. The highest BCUT2D eigenvalue weighted by atomic mass is 13.8. The molecule has 0 atom stereocenters. The molecular weight excluding hydrogens is 156 g/mol. The number of hydrogen-bond acceptors (Lipinski definition) is 0. The van der Waals surface area contributed by atoms with E-state index in [1.165, 1.54) is 0 Å². The van der Waals surface area contributed by atoms with Crippen LogP contribution >= 0.6 is 0 Å². The first kappa shape index (κ1) is 9.79. The summed E-state index contributed by atoms with van der Waals surface area (Å²) in [5.74, 6) is 0. The Morgan fingerprint density at radius 3 is 1.92 bits per heavy atom. The van der Waals surface area contributed by atoms with Gasteiger partial charge in [0.15, 0.2) is 0 Å². The van der Waals surface area contributed by atoms with Gasteiger partial charge < -0.3 is 0 Å². The molecule has 0 fully saturated rings. The van der Waals surface area contributed by atoms with Crippen molar-refractivity contribution in [2.75, 3.05) is 0 Å². The molecular formula is C13H16. The van der Waals surface area contributed by atoms with Crippen LogP contribution < -0.4 is 0 Å². The molecule has 1 aliphatic carbocycles. The van der Waals surface area contributed by atoms with Crippen LogP contribution in [-0.2, 0) is 0 Å². The Bertz CT molecular complexity index is 249. The Hall–Kier alpha value is -1.30. The van der Waals surface area contributed by atoms with Gasteiger partial charge in [0.2, 0.25) is 0 Å². The van der Waals surface area contributed by atoms with Crippen LogP contribution in [0.3, 0.4) is 0 Å². The maximum atomic E-state index is 2.24. The SMILES string of the molecule is C1=C\C=C\CC/C=C\C/C=C/C=C/1. The lowest BCUT2D eigenvalue weighted by Gasteiger charge is -1.84. The Kier molecular flexibility index (Phi) is 5.54. The van der Waals surface area contributed by atoms with Gasteiger partial charge in [-0.2, -0.15) is 0 Å². The van der Waals surface area contributed by atoms with Gasteiger partial charge in [-0.25, -0.2) is 0 Å². The fourth-order valence-corrected chi connectivity index (χ4v) is 1.07. The molecule has 0 aliphatic heterocycles. The highest BCUT2D eigenvalue weighted by Crippen LogP contribution is 1.96. The third-order valence-electron chi connectivity index (χ3n) is 1.77. The van der Waals surface area contributed by atoms with Gasteiger partial charge in [-0.05, 0) is 19.3 Å². The van der Waals surface area contributed by atoms with Crippen molar-refractivity contribution in [3.63, 3.8) is 0 Å². The molecule has 0 saturated heterocycles. The summed E-state index contributed by atoms with van der Waals surface area (Å²) in [6.07, 6.45) is 24.5. The summed E-state index contributed by atoms with van der Waals surface area (Å²) in [5.41, 5.74) is 0. The van der Waals surface area contributed by atoms with Gasteiger partial charge in [0.05, 0.1) is 0 Å². The van der Waals surface area contributed by atoms with Crippen molar-refractivity contribution in [2.24, 2.45) is 0 Å². The van der Waals surface area contributed by atoms with E-state index in [0.717, 1.165) is 19.3 Å². The molecule has 13 heavy (non-hydrogen) atoms. The fraction of sp³-hybridized carbons (Fsp3) is 0.231. The minimum atomic E-state index is 1.04. The molecule has 0 amide bonds. The number of rotatable bonds is 0. The Morgan fingerprint density at radius 1 is 0.462 bits per heavy atom. The first-order chi connectivity index (χ1) is 6.50. The van der Waals surface area contributed by atoms with Crippen LogP contribution in [0.5, 0.6) is 0 Å². The van der Waals surface area contributed by atoms with Crippen LogP contribution in [0.4, 0.5) is 0 Å². The monoisotopic (exact) mass is 172 g/mol. The third-order valence-corrected chi connectivity index (χ3v) is 1.77. The largest absolute Gasteiger partial charge is 0.0879 e. The maximum Gasteiger partial charge on any atom is -0.0166 e. The van der Waals surface area contributed by atoms with Crippen molar-refractivity contribution in [3.8, 4) is 0 Å². The molecule has 0 heteroatoms. The van der Waals surface area contributed by atoms with E-state index in [2.05, 4.69) is 48.6 Å². The fourth-order valence-electron chi connectivity index (χ4n) is 1.07. The van der Waals surface area contributed by atoms with E-state index in [-0.39, 0.29) is 0 Å². The van der Waals surface area contributed by atoms with Gasteiger partial charge in [0, 0.05) is 0 Å². The standard InChI is InChI=1S/C13H16/c1-2-4-6-8-10-12-13-11-9-7-5-3-1/h1-8,11,13H,9-10,12H2/b3-1+,4-2-,7-5+,8-6+,13-11-. The second kappa shape index (κ2) is 7.35. The van der Waals surface area contributed by atoms with Gasteiger partial charge in [0.25, 0.3) is 0 Å². The Morgan fingerprint density at radius 2 is 1.08 bits per heavy atom. The summed E-state index contributed by atoms with van der Waals surface area (Å²) in [6, 6.07) is 0. The molecule has 0 nitrogen and oxygen atoms in total. The number of allylic oxidation sites excluding steroid dienone is 10. The van der Waals surface area contributed by atoms with E-state index >= 15 is 0 Å². The molecule has 0 aromatic heterocycles. The van der Waals surface area contributed by atoms with Gasteiger partial charge >= 0.3 is 0 Å². The molecule has 0 N–H and O–H groups in total. The van der Waals surface area contributed by atoms with Crippen LogP contribution in [0.25, 0.3) is 0 Å². The molecule has 1 rings (SSSR count). The third kappa shape index (κ3) is 5.92. The summed E-state index contributed by atoms with van der Waals surface area (Å²) in [6.45, 7) is 0. The zero-order valence-corrected chi connectivity index (χ0v) is 7.89. The van der Waals surface area contributed by atoms with Crippen molar-refractivity contribution in [2.45, 2.75) is 19.3 Å². The number of hydrogen-bond donors (Lipinski definition) is 0. The predicted octanol–water partition coefficient (Wildman–Crippen LogP) is 3.95. The Balaban J connectivity index is 2.50. The lowest BCUT2D eigenvalue weighted by atomic mass is 10.2. The molecule has 0 radical (unpaired) electrons. The first-order valence-electron chi connectivity index (χ1n) is 4.80. The van der Waals surface area contributed by atoms with Crippen molar-refractivity contribution < 1.29 is 0 Å². The molecule has 68 valence electrons. The van der Waals surface area contributed by atoms with Gasteiger partial charge in [-0.3, -0.25) is 0 Å². The van der Waals surface area contributed by atoms with E-state index in [0.29, 0.717) is 0 Å². The molecule has 0 spiro atoms. The Labute approximate surface area is 80.7 Å². The first-order valence-corrected chi connectivity index (χ1v) is 4.80. The lowest BCUT2D eigenvalue weighted by molar-refractivity contribution is 1.04. The lowest BCUT2D eigenvalue weighted by Crippen LogP contribution is -1.64. The highest BCUT2D eigenvalue weighted by molar-refractivity contribution is 5.16. The van der Waals surface area contributed by atoms with Gasteiger partial charge in [0.1, 0.15) is 0 Å². The second-order valence-corrected chi connectivity index (χ2v) is 2.91. The molecule has 0 aromatic rings. The van der Waals surface area contributed by atoms with Crippen molar-refractivity contribution in [3.05, 3.63) is 60.8 Å². The minimum absolute atomic E-state index is 1.04. The molecule has 0 unspecified atom stereocenters.